The van der Waals surface area contributed by atoms with E-state index < -0.39 is 61.9 Å². The van der Waals surface area contributed by atoms with Crippen LogP contribution in [0.2, 0.25) is 0 Å². The molecule has 2 heterocycles. The highest BCUT2D eigenvalue weighted by atomic mass is 16.8. The second-order valence-corrected chi connectivity index (χ2v) is 8.24. The molecule has 204 valence electrons. The molecule has 14 nitrogen and oxygen atoms in total. The molecule has 0 aromatic heterocycles. The van der Waals surface area contributed by atoms with Crippen molar-refractivity contribution in [3.8, 4) is 0 Å². The number of carbonyl (C=O) groups is 2. The van der Waals surface area contributed by atoms with E-state index in [1.807, 2.05) is 6.92 Å². The van der Waals surface area contributed by atoms with Crippen LogP contribution in [-0.4, -0.2) is 121 Å². The average molecular weight is 511 g/mol. The van der Waals surface area contributed by atoms with E-state index in [2.05, 4.69) is 5.32 Å². The van der Waals surface area contributed by atoms with Gasteiger partial charge in [-0.2, -0.15) is 0 Å². The Hall–Kier alpha value is -1.62. The quantitative estimate of drug-likeness (QED) is 0.137. The van der Waals surface area contributed by atoms with E-state index in [0.717, 1.165) is 12.8 Å². The van der Waals surface area contributed by atoms with Crippen molar-refractivity contribution in [1.29, 1.82) is 0 Å². The predicted molar refractivity (Wildman–Crippen MR) is 117 cm³/mol. The number of amides is 2. The smallest absolute Gasteiger partial charge is 0.404 e. The monoisotopic (exact) mass is 510 g/mol. The Morgan fingerprint density at radius 3 is 2.54 bits per heavy atom. The lowest BCUT2D eigenvalue weighted by Gasteiger charge is -2.44. The Bertz CT molecular complexity index is 641. The van der Waals surface area contributed by atoms with Gasteiger partial charge in [0.1, 0.15) is 24.4 Å². The van der Waals surface area contributed by atoms with Crippen LogP contribution in [0.4, 0.5) is 4.79 Å². The summed E-state index contributed by atoms with van der Waals surface area (Å²) in [5.74, 6) is -0.0252. The number of hydrogen-bond donors (Lipinski definition) is 6. The van der Waals surface area contributed by atoms with E-state index in [1.54, 1.807) is 0 Å². The molecule has 8 atom stereocenters. The van der Waals surface area contributed by atoms with Crippen molar-refractivity contribution in [2.45, 2.75) is 81.8 Å². The Labute approximate surface area is 203 Å². The Morgan fingerprint density at radius 2 is 1.86 bits per heavy atom. The topological polar surface area (TPSA) is 208 Å². The Kier molecular flexibility index (Phi) is 13.1. The summed E-state index contributed by atoms with van der Waals surface area (Å²) >= 11 is 0. The minimum absolute atomic E-state index is 0.0252. The van der Waals surface area contributed by atoms with Crippen LogP contribution in [0.15, 0.2) is 0 Å². The third-order valence-corrected chi connectivity index (χ3v) is 5.54. The summed E-state index contributed by atoms with van der Waals surface area (Å²) in [4.78, 5) is 22.7. The van der Waals surface area contributed by atoms with Crippen LogP contribution in [0.3, 0.4) is 0 Å². The van der Waals surface area contributed by atoms with Crippen LogP contribution in [0.1, 0.15) is 32.6 Å². The number of nitrogens with two attached hydrogens (primary N) is 1. The lowest BCUT2D eigenvalue weighted by molar-refractivity contribution is -0.348. The van der Waals surface area contributed by atoms with Gasteiger partial charge in [0.2, 0.25) is 5.91 Å². The summed E-state index contributed by atoms with van der Waals surface area (Å²) in [7, 11) is 0. The van der Waals surface area contributed by atoms with E-state index in [9.17, 15) is 30.0 Å². The maximum atomic E-state index is 11.5. The lowest BCUT2D eigenvalue weighted by Crippen LogP contribution is -2.62. The first-order valence-electron chi connectivity index (χ1n) is 11.8. The molecule has 0 aromatic rings. The maximum Gasteiger partial charge on any atom is 0.404 e. The van der Waals surface area contributed by atoms with Gasteiger partial charge in [-0.1, -0.05) is 13.3 Å². The first-order chi connectivity index (χ1) is 16.8. The molecule has 0 saturated carbocycles. The summed E-state index contributed by atoms with van der Waals surface area (Å²) < 4.78 is 32.5. The Balaban J connectivity index is 1.83. The Morgan fingerprint density at radius 1 is 1.09 bits per heavy atom. The summed E-state index contributed by atoms with van der Waals surface area (Å²) in [6, 6.07) is 0. The normalized spacial score (nSPS) is 33.3. The number of hydrogen-bond acceptors (Lipinski definition) is 12. The fourth-order valence-corrected chi connectivity index (χ4v) is 3.65. The van der Waals surface area contributed by atoms with Crippen LogP contribution in [0.25, 0.3) is 0 Å². The predicted octanol–water partition coefficient (Wildman–Crippen LogP) is -2.28. The highest BCUT2D eigenvalue weighted by Gasteiger charge is 2.49. The molecule has 6 unspecified atom stereocenters. The summed E-state index contributed by atoms with van der Waals surface area (Å²) in [5, 5.41) is 43.3. The number of aliphatic hydroxyl groups is 4. The van der Waals surface area contributed by atoms with Crippen LogP contribution >= 0.6 is 0 Å². The van der Waals surface area contributed by atoms with Crippen molar-refractivity contribution in [3.63, 3.8) is 0 Å². The summed E-state index contributed by atoms with van der Waals surface area (Å²) in [6.45, 7) is 2.47. The van der Waals surface area contributed by atoms with Crippen molar-refractivity contribution in [3.05, 3.63) is 0 Å². The molecule has 0 aromatic carbocycles. The number of unbranched alkanes of at least 4 members (excludes halogenated alkanes) is 1. The van der Waals surface area contributed by atoms with Gasteiger partial charge in [0.05, 0.1) is 39.1 Å². The van der Waals surface area contributed by atoms with E-state index >= 15 is 0 Å². The molecule has 2 aliphatic rings. The number of rotatable bonds is 14. The van der Waals surface area contributed by atoms with Gasteiger partial charge in [-0.25, -0.2) is 4.79 Å². The van der Waals surface area contributed by atoms with E-state index in [4.69, 9.17) is 34.2 Å². The third kappa shape index (κ3) is 9.40. The van der Waals surface area contributed by atoms with Crippen molar-refractivity contribution in [1.82, 2.24) is 5.32 Å². The van der Waals surface area contributed by atoms with E-state index in [1.165, 1.54) is 0 Å². The van der Waals surface area contributed by atoms with Gasteiger partial charge in [0, 0.05) is 13.0 Å². The second kappa shape index (κ2) is 15.5. The SMILES string of the molecule is CCCCC(=O)NCCOCCOC1OCCC(O)C1O[C@H]1OC(CO)[C@@H](O)C(OC(N)=O)C1O. The van der Waals surface area contributed by atoms with Gasteiger partial charge in [-0.15, -0.1) is 0 Å². The van der Waals surface area contributed by atoms with Crippen molar-refractivity contribution >= 4 is 12.0 Å². The van der Waals surface area contributed by atoms with E-state index in [0.29, 0.717) is 19.6 Å². The van der Waals surface area contributed by atoms with E-state index in [-0.39, 0.29) is 32.1 Å². The number of primary amides is 1. The number of nitrogens with one attached hydrogen (secondary N) is 1. The van der Waals surface area contributed by atoms with Crippen molar-refractivity contribution in [2.24, 2.45) is 5.73 Å². The molecule has 0 spiro atoms. The largest absolute Gasteiger partial charge is 0.441 e. The molecule has 2 aliphatic heterocycles. The second-order valence-electron chi connectivity index (χ2n) is 8.24. The van der Waals surface area contributed by atoms with Crippen molar-refractivity contribution < 1.29 is 58.4 Å². The van der Waals surface area contributed by atoms with Gasteiger partial charge in [0.15, 0.2) is 18.7 Å². The minimum atomic E-state index is -1.68. The van der Waals surface area contributed by atoms with Gasteiger partial charge >= 0.3 is 6.09 Å². The molecule has 0 aliphatic carbocycles. The van der Waals surface area contributed by atoms with Gasteiger partial charge < -0.3 is 59.9 Å². The highest BCUT2D eigenvalue weighted by molar-refractivity contribution is 5.75. The zero-order valence-corrected chi connectivity index (χ0v) is 19.8. The first kappa shape index (κ1) is 29.6. The van der Waals surface area contributed by atoms with Crippen LogP contribution in [-0.2, 0) is 33.2 Å². The zero-order chi connectivity index (χ0) is 25.8. The molecular formula is C21H38N2O12. The maximum absolute atomic E-state index is 11.5. The fraction of sp³-hybridized carbons (Fsp3) is 0.905. The minimum Gasteiger partial charge on any atom is -0.441 e. The van der Waals surface area contributed by atoms with Gasteiger partial charge in [-0.3, -0.25) is 4.79 Å². The summed E-state index contributed by atoms with van der Waals surface area (Å²) in [6.07, 6.45) is -9.46. The van der Waals surface area contributed by atoms with Crippen LogP contribution in [0, 0.1) is 0 Å². The number of carbonyl (C=O) groups excluding carboxylic acids is 2. The molecule has 2 saturated heterocycles. The standard InChI is InChI=1S/C21H38N2O12/c1-2-3-4-14(26)23-6-8-30-9-10-32-20-17(12(25)5-7-31-20)34-19-16(28)18(35-21(22)29)15(27)13(11-24)33-19/h12-13,15-20,24-25,27-28H,2-11H2,1H3,(H2,22,29)(H,23,26)/t12?,13?,15-,16?,17?,18?,19-,20?/m1/s1. The van der Waals surface area contributed by atoms with Crippen molar-refractivity contribution in [2.75, 3.05) is 39.6 Å². The molecule has 7 N–H and O–H groups in total. The molecule has 35 heavy (non-hydrogen) atoms. The molecule has 14 heteroatoms. The van der Waals surface area contributed by atoms with Crippen LogP contribution in [0.5, 0.6) is 0 Å². The van der Waals surface area contributed by atoms with Crippen LogP contribution < -0.4 is 11.1 Å². The third-order valence-electron chi connectivity index (χ3n) is 5.54. The summed E-state index contributed by atoms with van der Waals surface area (Å²) in [5.41, 5.74) is 5.00. The molecule has 0 radical (unpaired) electrons. The highest BCUT2D eigenvalue weighted by Crippen LogP contribution is 2.28. The molecule has 2 amide bonds. The molecular weight excluding hydrogens is 472 g/mol. The average Bonchev–Trinajstić information content (AvgIpc) is 2.82. The zero-order valence-electron chi connectivity index (χ0n) is 19.8. The molecule has 0 bridgehead atoms. The lowest BCUT2D eigenvalue weighted by atomic mass is 9.98. The fourth-order valence-electron chi connectivity index (χ4n) is 3.65. The van der Waals surface area contributed by atoms with Gasteiger partial charge in [0.25, 0.3) is 0 Å². The number of ether oxygens (including phenoxy) is 6. The molecule has 2 rings (SSSR count). The first-order valence-corrected chi connectivity index (χ1v) is 11.8. The number of aliphatic hydroxyl groups excluding tert-OH is 4. The molecule has 2 fully saturated rings. The van der Waals surface area contributed by atoms with Gasteiger partial charge in [-0.05, 0) is 12.8 Å².